The lowest BCUT2D eigenvalue weighted by Crippen LogP contribution is -2.38. The molecule has 0 saturated heterocycles. The Hall–Kier alpha value is -1.75. The molecule has 2 rings (SSSR count). The molecule has 0 unspecified atom stereocenters. The van der Waals surface area contributed by atoms with Crippen LogP contribution in [0.15, 0.2) is 23.4 Å². The first kappa shape index (κ1) is 12.7. The highest BCUT2D eigenvalue weighted by Crippen LogP contribution is 2.30. The van der Waals surface area contributed by atoms with Gasteiger partial charge in [0.25, 0.3) is 0 Å². The largest absolute Gasteiger partial charge is 0.449 e. The summed E-state index contributed by atoms with van der Waals surface area (Å²) in [5, 5.41) is 12.7. The highest BCUT2D eigenvalue weighted by Gasteiger charge is 2.27. The van der Waals surface area contributed by atoms with E-state index in [0.717, 1.165) is 0 Å². The van der Waals surface area contributed by atoms with Gasteiger partial charge in [-0.2, -0.15) is 0 Å². The zero-order valence-electron chi connectivity index (χ0n) is 9.89. The molecule has 0 aromatic heterocycles. The van der Waals surface area contributed by atoms with E-state index in [1.54, 1.807) is 25.1 Å². The molecule has 5 nitrogen and oxygen atoms in total. The fourth-order valence-corrected chi connectivity index (χ4v) is 2.11. The van der Waals surface area contributed by atoms with Crippen molar-refractivity contribution in [3.8, 4) is 0 Å². The SMILES string of the molecule is CCOC(=O)N1CC/C(=N\O)c2cc(Cl)ccc21. The summed E-state index contributed by atoms with van der Waals surface area (Å²) >= 11 is 5.92. The van der Waals surface area contributed by atoms with Crippen LogP contribution >= 0.6 is 11.6 Å². The van der Waals surface area contributed by atoms with Gasteiger partial charge in [-0.1, -0.05) is 16.8 Å². The highest BCUT2D eigenvalue weighted by atomic mass is 35.5. The molecule has 0 spiro atoms. The van der Waals surface area contributed by atoms with Gasteiger partial charge in [0.05, 0.1) is 18.0 Å². The summed E-state index contributed by atoms with van der Waals surface area (Å²) in [5.41, 5.74) is 1.83. The molecule has 0 radical (unpaired) electrons. The topological polar surface area (TPSA) is 62.1 Å². The lowest BCUT2D eigenvalue weighted by molar-refractivity contribution is 0.159. The molecule has 1 aliphatic heterocycles. The third-order valence-corrected chi connectivity index (χ3v) is 2.98. The Morgan fingerprint density at radius 2 is 2.39 bits per heavy atom. The molecule has 1 aliphatic rings. The second-order valence-corrected chi connectivity index (χ2v) is 4.25. The van der Waals surface area contributed by atoms with Crippen LogP contribution in [0.3, 0.4) is 0 Å². The summed E-state index contributed by atoms with van der Waals surface area (Å²) in [6, 6.07) is 5.09. The van der Waals surface area contributed by atoms with Crippen molar-refractivity contribution in [1.29, 1.82) is 0 Å². The van der Waals surface area contributed by atoms with Crippen LogP contribution < -0.4 is 4.90 Å². The molecule has 0 saturated carbocycles. The average molecular weight is 269 g/mol. The number of fused-ring (bicyclic) bond motifs is 1. The standard InChI is InChI=1S/C12H13ClN2O3/c1-2-18-12(16)15-6-5-10(14-17)9-7-8(13)3-4-11(9)15/h3-4,7,17H,2,5-6H2,1H3/b14-10+. The molecule has 0 aliphatic carbocycles. The summed E-state index contributed by atoms with van der Waals surface area (Å²) in [6.45, 7) is 2.50. The number of carbonyl (C=O) groups is 1. The maximum Gasteiger partial charge on any atom is 0.414 e. The van der Waals surface area contributed by atoms with Crippen molar-refractivity contribution in [1.82, 2.24) is 0 Å². The van der Waals surface area contributed by atoms with Crippen LogP contribution in [0.25, 0.3) is 0 Å². The zero-order valence-corrected chi connectivity index (χ0v) is 10.6. The monoisotopic (exact) mass is 268 g/mol. The van der Waals surface area contributed by atoms with E-state index in [1.807, 2.05) is 0 Å². The summed E-state index contributed by atoms with van der Waals surface area (Å²) in [6.07, 6.45) is 0.0564. The van der Waals surface area contributed by atoms with E-state index < -0.39 is 6.09 Å². The van der Waals surface area contributed by atoms with Gasteiger partial charge in [-0.15, -0.1) is 0 Å². The van der Waals surface area contributed by atoms with Gasteiger partial charge in [-0.05, 0) is 25.1 Å². The molecule has 1 amide bonds. The van der Waals surface area contributed by atoms with Crippen molar-refractivity contribution >= 4 is 29.1 Å². The molecule has 0 bridgehead atoms. The normalized spacial score (nSPS) is 16.6. The minimum Gasteiger partial charge on any atom is -0.449 e. The van der Waals surface area contributed by atoms with Crippen molar-refractivity contribution < 1.29 is 14.7 Å². The predicted octanol–water partition coefficient (Wildman–Crippen LogP) is 2.88. The maximum absolute atomic E-state index is 11.8. The molecule has 1 heterocycles. The van der Waals surface area contributed by atoms with Gasteiger partial charge in [0.2, 0.25) is 0 Å². The van der Waals surface area contributed by atoms with Crippen LogP contribution in [0, 0.1) is 0 Å². The number of amides is 1. The summed E-state index contributed by atoms with van der Waals surface area (Å²) < 4.78 is 4.99. The predicted molar refractivity (Wildman–Crippen MR) is 68.8 cm³/mol. The number of benzene rings is 1. The first-order chi connectivity index (χ1) is 8.67. The number of halogens is 1. The average Bonchev–Trinajstić information content (AvgIpc) is 2.37. The Labute approximate surface area is 110 Å². The van der Waals surface area contributed by atoms with Crippen LogP contribution in [0.5, 0.6) is 0 Å². The van der Waals surface area contributed by atoms with Crippen LogP contribution in [0.2, 0.25) is 5.02 Å². The number of anilines is 1. The lowest BCUT2D eigenvalue weighted by atomic mass is 10.00. The number of nitrogens with zero attached hydrogens (tertiary/aromatic N) is 2. The van der Waals surface area contributed by atoms with Gasteiger partial charge in [0, 0.05) is 23.6 Å². The molecule has 18 heavy (non-hydrogen) atoms. The fourth-order valence-electron chi connectivity index (χ4n) is 1.94. The smallest absolute Gasteiger partial charge is 0.414 e. The molecule has 0 atom stereocenters. The molecular weight excluding hydrogens is 256 g/mol. The van der Waals surface area contributed by atoms with E-state index in [9.17, 15) is 4.79 Å². The fraction of sp³-hybridized carbons (Fsp3) is 0.333. The summed E-state index contributed by atoms with van der Waals surface area (Å²) in [4.78, 5) is 13.3. The first-order valence-electron chi connectivity index (χ1n) is 5.62. The van der Waals surface area contributed by atoms with Gasteiger partial charge in [-0.25, -0.2) is 4.79 Å². The van der Waals surface area contributed by atoms with Crippen molar-refractivity contribution in [2.45, 2.75) is 13.3 Å². The Kier molecular flexibility index (Phi) is 3.72. The van der Waals surface area contributed by atoms with Crippen LogP contribution in [-0.4, -0.2) is 30.2 Å². The zero-order chi connectivity index (χ0) is 13.1. The van der Waals surface area contributed by atoms with E-state index in [2.05, 4.69) is 5.16 Å². The Morgan fingerprint density at radius 1 is 1.61 bits per heavy atom. The lowest BCUT2D eigenvalue weighted by Gasteiger charge is -2.28. The minimum absolute atomic E-state index is 0.319. The van der Waals surface area contributed by atoms with E-state index in [1.165, 1.54) is 4.90 Å². The number of hydrogen-bond acceptors (Lipinski definition) is 4. The van der Waals surface area contributed by atoms with Crippen LogP contribution in [-0.2, 0) is 4.74 Å². The molecular formula is C12H13ClN2O3. The van der Waals surface area contributed by atoms with Gasteiger partial charge in [-0.3, -0.25) is 4.90 Å². The molecule has 0 fully saturated rings. The third-order valence-electron chi connectivity index (χ3n) is 2.74. The highest BCUT2D eigenvalue weighted by molar-refractivity contribution is 6.31. The van der Waals surface area contributed by atoms with E-state index in [-0.39, 0.29) is 0 Å². The maximum atomic E-state index is 11.8. The molecule has 96 valence electrons. The summed E-state index contributed by atoms with van der Waals surface area (Å²) in [5.74, 6) is 0. The van der Waals surface area contributed by atoms with E-state index >= 15 is 0 Å². The van der Waals surface area contributed by atoms with Crippen molar-refractivity contribution in [2.24, 2.45) is 5.16 Å². The Bertz CT molecular complexity index is 502. The van der Waals surface area contributed by atoms with Crippen molar-refractivity contribution in [3.63, 3.8) is 0 Å². The Balaban J connectivity index is 2.43. The van der Waals surface area contributed by atoms with Gasteiger partial charge in [0.15, 0.2) is 0 Å². The number of rotatable bonds is 1. The molecule has 1 aromatic carbocycles. The second-order valence-electron chi connectivity index (χ2n) is 3.81. The second kappa shape index (κ2) is 5.27. The number of ether oxygens (including phenoxy) is 1. The number of hydrogen-bond donors (Lipinski definition) is 1. The summed E-state index contributed by atoms with van der Waals surface area (Å²) in [7, 11) is 0. The minimum atomic E-state index is -0.405. The first-order valence-corrected chi connectivity index (χ1v) is 6.00. The molecule has 1 aromatic rings. The van der Waals surface area contributed by atoms with Gasteiger partial charge in [0.1, 0.15) is 0 Å². The van der Waals surface area contributed by atoms with Crippen molar-refractivity contribution in [3.05, 3.63) is 28.8 Å². The molecule has 6 heteroatoms. The van der Waals surface area contributed by atoms with Crippen molar-refractivity contribution in [2.75, 3.05) is 18.1 Å². The van der Waals surface area contributed by atoms with Crippen LogP contribution in [0.4, 0.5) is 10.5 Å². The Morgan fingerprint density at radius 3 is 3.06 bits per heavy atom. The number of carbonyl (C=O) groups excluding carboxylic acids is 1. The third kappa shape index (κ3) is 2.26. The van der Waals surface area contributed by atoms with E-state index in [4.69, 9.17) is 21.5 Å². The molecule has 1 N–H and O–H groups in total. The number of oxime groups is 1. The van der Waals surface area contributed by atoms with Crippen LogP contribution in [0.1, 0.15) is 18.9 Å². The van der Waals surface area contributed by atoms with Gasteiger partial charge < -0.3 is 9.94 Å². The van der Waals surface area contributed by atoms with Gasteiger partial charge >= 0.3 is 6.09 Å². The quantitative estimate of drug-likeness (QED) is 0.629. The van der Waals surface area contributed by atoms with E-state index in [0.29, 0.717) is 41.6 Å².